The van der Waals surface area contributed by atoms with Crippen LogP contribution in [0.4, 0.5) is 5.69 Å². The number of pyridine rings is 1. The molecule has 0 atom stereocenters. The normalized spacial score (nSPS) is 10.9. The van der Waals surface area contributed by atoms with Gasteiger partial charge in [-0.1, -0.05) is 19.8 Å². The number of hydrogen-bond acceptors (Lipinski definition) is 7. The maximum atomic E-state index is 12.9. The molecule has 0 fully saturated rings. The second kappa shape index (κ2) is 12.1. The SMILES string of the molecule is CCCCCNC(=O)c1ccc(Oc2ccc(NS(=O)(=O)c3cc(OC)ccc3OC)cn2)cc1. The molecular formula is C25H29N3O6S. The van der Waals surface area contributed by atoms with Crippen LogP contribution >= 0.6 is 0 Å². The van der Waals surface area contributed by atoms with E-state index in [4.69, 9.17) is 14.2 Å². The van der Waals surface area contributed by atoms with Gasteiger partial charge in [0.15, 0.2) is 0 Å². The third-order valence-corrected chi connectivity index (χ3v) is 6.46. The van der Waals surface area contributed by atoms with Gasteiger partial charge in [0, 0.05) is 24.2 Å². The first-order valence-electron chi connectivity index (χ1n) is 11.1. The third-order valence-electron chi connectivity index (χ3n) is 5.05. The van der Waals surface area contributed by atoms with Gasteiger partial charge in [0.2, 0.25) is 5.88 Å². The molecular weight excluding hydrogens is 470 g/mol. The van der Waals surface area contributed by atoms with Crippen molar-refractivity contribution < 1.29 is 27.4 Å². The fourth-order valence-corrected chi connectivity index (χ4v) is 4.41. The predicted molar refractivity (Wildman–Crippen MR) is 133 cm³/mol. The second-order valence-electron chi connectivity index (χ2n) is 7.60. The summed E-state index contributed by atoms with van der Waals surface area (Å²) in [7, 11) is -1.12. The number of aromatic nitrogens is 1. The number of hydrogen-bond donors (Lipinski definition) is 2. The van der Waals surface area contributed by atoms with E-state index >= 15 is 0 Å². The molecule has 0 bridgehead atoms. The van der Waals surface area contributed by atoms with Gasteiger partial charge in [0.25, 0.3) is 15.9 Å². The Bertz CT molecular complexity index is 1230. The lowest BCUT2D eigenvalue weighted by molar-refractivity contribution is 0.0953. The topological polar surface area (TPSA) is 116 Å². The molecule has 2 N–H and O–H groups in total. The summed E-state index contributed by atoms with van der Waals surface area (Å²) in [6.45, 7) is 2.76. The molecule has 3 aromatic rings. The Kier molecular flexibility index (Phi) is 8.91. The first-order chi connectivity index (χ1) is 16.9. The van der Waals surface area contributed by atoms with Crippen LogP contribution < -0.4 is 24.2 Å². The van der Waals surface area contributed by atoms with E-state index in [1.807, 2.05) is 0 Å². The number of amides is 1. The molecule has 9 nitrogen and oxygen atoms in total. The molecule has 0 saturated heterocycles. The number of benzene rings is 2. The lowest BCUT2D eigenvalue weighted by atomic mass is 10.2. The average molecular weight is 500 g/mol. The molecule has 0 unspecified atom stereocenters. The minimum atomic E-state index is -3.96. The number of rotatable bonds is 12. The van der Waals surface area contributed by atoms with Crippen molar-refractivity contribution in [3.05, 3.63) is 66.4 Å². The molecule has 0 aliphatic heterocycles. The van der Waals surface area contributed by atoms with Gasteiger partial charge in [-0.05, 0) is 48.9 Å². The van der Waals surface area contributed by atoms with Crippen molar-refractivity contribution in [2.45, 2.75) is 31.1 Å². The van der Waals surface area contributed by atoms with Gasteiger partial charge in [-0.15, -0.1) is 0 Å². The highest BCUT2D eigenvalue weighted by Gasteiger charge is 2.21. The van der Waals surface area contributed by atoms with Gasteiger partial charge in [-0.3, -0.25) is 9.52 Å². The first kappa shape index (κ1) is 25.8. The van der Waals surface area contributed by atoms with Crippen LogP contribution in [0.3, 0.4) is 0 Å². The highest BCUT2D eigenvalue weighted by molar-refractivity contribution is 7.92. The fourth-order valence-electron chi connectivity index (χ4n) is 3.18. The minimum absolute atomic E-state index is 0.0610. The summed E-state index contributed by atoms with van der Waals surface area (Å²) >= 11 is 0. The third kappa shape index (κ3) is 7.10. The van der Waals surface area contributed by atoms with E-state index in [1.165, 1.54) is 44.7 Å². The maximum Gasteiger partial charge on any atom is 0.265 e. The number of carbonyl (C=O) groups is 1. The quantitative estimate of drug-likeness (QED) is 0.350. The Morgan fingerprint density at radius 1 is 0.943 bits per heavy atom. The van der Waals surface area contributed by atoms with E-state index in [2.05, 4.69) is 21.9 Å². The Morgan fingerprint density at radius 3 is 2.31 bits per heavy atom. The van der Waals surface area contributed by atoms with Crippen molar-refractivity contribution >= 4 is 21.6 Å². The van der Waals surface area contributed by atoms with Crippen LogP contribution in [0.2, 0.25) is 0 Å². The molecule has 186 valence electrons. The molecule has 0 aliphatic rings. The van der Waals surface area contributed by atoms with E-state index < -0.39 is 10.0 Å². The van der Waals surface area contributed by atoms with E-state index in [0.29, 0.717) is 23.6 Å². The number of sulfonamides is 1. The van der Waals surface area contributed by atoms with Crippen LogP contribution in [0.5, 0.6) is 23.1 Å². The summed E-state index contributed by atoms with van der Waals surface area (Å²) in [5, 5.41) is 2.89. The van der Waals surface area contributed by atoms with Crippen molar-refractivity contribution in [1.29, 1.82) is 0 Å². The summed E-state index contributed by atoms with van der Waals surface area (Å²) in [5.74, 6) is 1.20. The standard InChI is InChI=1S/C25H29N3O6S/c1-4-5-6-15-26-25(29)18-7-10-20(11-8-18)34-24-14-9-19(17-27-24)28-35(30,31)23-16-21(32-2)12-13-22(23)33-3/h7-14,16-17,28H,4-6,15H2,1-3H3,(H,26,29). The van der Waals surface area contributed by atoms with Gasteiger partial charge < -0.3 is 19.5 Å². The predicted octanol–water partition coefficient (Wildman–Crippen LogP) is 4.61. The Balaban J connectivity index is 1.63. The van der Waals surface area contributed by atoms with E-state index in [0.717, 1.165) is 19.3 Å². The molecule has 10 heteroatoms. The van der Waals surface area contributed by atoms with Crippen LogP contribution in [0.1, 0.15) is 36.5 Å². The van der Waals surface area contributed by atoms with Crippen LogP contribution in [0.25, 0.3) is 0 Å². The summed E-state index contributed by atoms with van der Waals surface area (Å²) in [6, 6.07) is 14.3. The van der Waals surface area contributed by atoms with E-state index in [9.17, 15) is 13.2 Å². The van der Waals surface area contributed by atoms with Crippen molar-refractivity contribution in [2.24, 2.45) is 0 Å². The fraction of sp³-hybridized carbons (Fsp3) is 0.280. The summed E-state index contributed by atoms with van der Waals surface area (Å²) in [4.78, 5) is 16.3. The van der Waals surface area contributed by atoms with Gasteiger partial charge in [0.1, 0.15) is 22.1 Å². The molecule has 3 rings (SSSR count). The molecule has 0 aliphatic carbocycles. The summed E-state index contributed by atoms with van der Waals surface area (Å²) in [5.41, 5.74) is 0.789. The number of anilines is 1. The summed E-state index contributed by atoms with van der Waals surface area (Å²) in [6.07, 6.45) is 4.47. The summed E-state index contributed by atoms with van der Waals surface area (Å²) < 4.78 is 44.2. The van der Waals surface area contributed by atoms with E-state index in [1.54, 1.807) is 30.3 Å². The molecule has 35 heavy (non-hydrogen) atoms. The zero-order valence-corrected chi connectivity index (χ0v) is 20.7. The Hall–Kier alpha value is -3.79. The van der Waals surface area contributed by atoms with Gasteiger partial charge in [-0.25, -0.2) is 13.4 Å². The minimum Gasteiger partial charge on any atom is -0.497 e. The van der Waals surface area contributed by atoms with Gasteiger partial charge in [0.05, 0.1) is 26.1 Å². The maximum absolute atomic E-state index is 12.9. The molecule has 2 aromatic carbocycles. The van der Waals surface area contributed by atoms with Crippen molar-refractivity contribution in [3.8, 4) is 23.1 Å². The largest absolute Gasteiger partial charge is 0.497 e. The smallest absolute Gasteiger partial charge is 0.265 e. The monoisotopic (exact) mass is 499 g/mol. The number of ether oxygens (including phenoxy) is 3. The molecule has 0 saturated carbocycles. The van der Waals surface area contributed by atoms with Gasteiger partial charge >= 0.3 is 0 Å². The Morgan fingerprint density at radius 2 is 1.69 bits per heavy atom. The lowest BCUT2D eigenvalue weighted by Crippen LogP contribution is -2.24. The Labute approximate surface area is 205 Å². The number of unbranched alkanes of at least 4 members (excludes halogenated alkanes) is 2. The number of nitrogens with zero attached hydrogens (tertiary/aromatic N) is 1. The number of methoxy groups -OCH3 is 2. The van der Waals surface area contributed by atoms with Gasteiger partial charge in [-0.2, -0.15) is 0 Å². The second-order valence-corrected chi connectivity index (χ2v) is 9.25. The van der Waals surface area contributed by atoms with Crippen LogP contribution in [-0.4, -0.2) is 40.1 Å². The molecule has 0 radical (unpaired) electrons. The van der Waals surface area contributed by atoms with E-state index in [-0.39, 0.29) is 28.1 Å². The average Bonchev–Trinajstić information content (AvgIpc) is 2.87. The van der Waals surface area contributed by atoms with Crippen molar-refractivity contribution in [3.63, 3.8) is 0 Å². The number of carbonyl (C=O) groups excluding carboxylic acids is 1. The first-order valence-corrected chi connectivity index (χ1v) is 12.6. The van der Waals surface area contributed by atoms with Crippen molar-refractivity contribution in [2.75, 3.05) is 25.5 Å². The highest BCUT2D eigenvalue weighted by atomic mass is 32.2. The molecule has 1 heterocycles. The zero-order valence-electron chi connectivity index (χ0n) is 19.9. The van der Waals surface area contributed by atoms with Crippen LogP contribution in [0, 0.1) is 0 Å². The highest BCUT2D eigenvalue weighted by Crippen LogP contribution is 2.30. The van der Waals surface area contributed by atoms with Crippen LogP contribution in [-0.2, 0) is 10.0 Å². The van der Waals surface area contributed by atoms with Crippen LogP contribution in [0.15, 0.2) is 65.7 Å². The van der Waals surface area contributed by atoms with Crippen molar-refractivity contribution in [1.82, 2.24) is 10.3 Å². The molecule has 1 aromatic heterocycles. The zero-order chi connectivity index (χ0) is 25.3. The lowest BCUT2D eigenvalue weighted by Gasteiger charge is -2.13. The number of nitrogens with one attached hydrogen (secondary N) is 2. The molecule has 0 spiro atoms. The molecule has 1 amide bonds.